The maximum atomic E-state index is 2.43. The molecule has 0 aliphatic heterocycles. The third-order valence-electron chi connectivity index (χ3n) is 20.3. The predicted molar refractivity (Wildman–Crippen MR) is 416 cm³/mol. The molecule has 0 amide bonds. The minimum atomic E-state index is -0.214. The van der Waals surface area contributed by atoms with Crippen molar-refractivity contribution in [3.05, 3.63) is 388 Å². The highest BCUT2D eigenvalue weighted by Crippen LogP contribution is 2.63. The van der Waals surface area contributed by atoms with Crippen LogP contribution in [-0.2, 0) is 35.5 Å². The van der Waals surface area contributed by atoms with Crippen LogP contribution in [0.5, 0.6) is 0 Å². The zero-order chi connectivity index (χ0) is 68.6. The molecule has 0 unspecified atom stereocenters. The monoisotopic (exact) mass is 1250 g/mol. The van der Waals surface area contributed by atoms with Gasteiger partial charge in [0.2, 0.25) is 0 Å². The van der Waals surface area contributed by atoms with E-state index >= 15 is 0 Å². The Labute approximate surface area is 578 Å². The van der Waals surface area contributed by atoms with Crippen molar-refractivity contribution < 1.29 is 0 Å². The van der Waals surface area contributed by atoms with E-state index in [0.29, 0.717) is 0 Å². The summed E-state index contributed by atoms with van der Waals surface area (Å²) in [6.07, 6.45) is 3.05. The molecule has 0 heterocycles. The van der Waals surface area contributed by atoms with Gasteiger partial charge in [-0.05, 0) is 205 Å². The van der Waals surface area contributed by atoms with Crippen LogP contribution in [0.2, 0.25) is 0 Å². The predicted octanol–water partition coefficient (Wildman–Crippen LogP) is 25.9. The van der Waals surface area contributed by atoms with Gasteiger partial charge in [-0.1, -0.05) is 360 Å². The number of benzene rings is 12. The molecule has 12 aromatic rings. The molecule has 18 rings (SSSR count). The van der Waals surface area contributed by atoms with Crippen LogP contribution >= 0.6 is 0 Å². The fourth-order valence-corrected chi connectivity index (χ4v) is 16.9. The second kappa shape index (κ2) is 29.7. The molecule has 0 saturated carbocycles. The highest BCUT2D eigenvalue weighted by molar-refractivity contribution is 5.91. The Morgan fingerprint density at radius 1 is 0.188 bits per heavy atom. The van der Waals surface area contributed by atoms with E-state index in [9.17, 15) is 0 Å². The minimum Gasteiger partial charge on any atom is -0.0683 e. The van der Waals surface area contributed by atoms with Gasteiger partial charge >= 0.3 is 0 Å². The standard InChI is InChI=1S/3C28H22.6C2H6/c1-18-9-7-15-26-22(18)17-23-19(2)10-8-16-27(23)28(26)24-13-5-3-11-20(24)21-12-4-6-14-25(21)28;1-18-11-13-24-20(15-18)17-21-16-19(2)12-14-25(21)28(24)26-9-5-3-7-22(26)23-8-4-6-10-27(23)28;1-18-11-13-20-17-21-14-12-19(2)16-27(21)28(26(20)15-18)24-9-5-3-7-22(24)23-8-4-6-10-25(23)28;6*1-2/h3*3-16H,17H2,1-2H3;6*1-2H3. The van der Waals surface area contributed by atoms with Crippen LogP contribution in [0.25, 0.3) is 33.4 Å². The molecule has 6 aliphatic rings. The fraction of sp³-hybridized carbons (Fsp3) is 0.250. The maximum Gasteiger partial charge on any atom is 0.0719 e. The van der Waals surface area contributed by atoms with Crippen molar-refractivity contribution in [3.63, 3.8) is 0 Å². The van der Waals surface area contributed by atoms with E-state index in [1.165, 1.54) is 167 Å². The zero-order valence-electron chi connectivity index (χ0n) is 60.9. The number of rotatable bonds is 0. The Kier molecular flexibility index (Phi) is 21.5. The van der Waals surface area contributed by atoms with Crippen molar-refractivity contribution in [1.82, 2.24) is 0 Å². The van der Waals surface area contributed by atoms with Crippen LogP contribution in [-0.4, -0.2) is 0 Å². The lowest BCUT2D eigenvalue weighted by Crippen LogP contribution is -2.35. The lowest BCUT2D eigenvalue weighted by Gasteiger charge is -2.41. The number of hydrogen-bond donors (Lipinski definition) is 0. The molecule has 0 fully saturated rings. The van der Waals surface area contributed by atoms with Crippen LogP contribution in [0.3, 0.4) is 0 Å². The Balaban J connectivity index is 0.000000145. The van der Waals surface area contributed by atoms with Gasteiger partial charge in [0.15, 0.2) is 0 Å². The van der Waals surface area contributed by atoms with Gasteiger partial charge in [-0.3, -0.25) is 0 Å². The average molecular weight is 1260 g/mol. The molecule has 3 spiro atoms. The third-order valence-corrected chi connectivity index (χ3v) is 20.3. The van der Waals surface area contributed by atoms with Gasteiger partial charge in [0, 0.05) is 0 Å². The normalized spacial score (nSPS) is 13.4. The fourth-order valence-electron chi connectivity index (χ4n) is 16.9. The van der Waals surface area contributed by atoms with Crippen LogP contribution in [0.1, 0.15) is 217 Å². The van der Waals surface area contributed by atoms with E-state index in [0.717, 1.165) is 19.3 Å². The second-order valence-electron chi connectivity index (χ2n) is 24.9. The maximum absolute atomic E-state index is 2.43. The molecular formula is C96H102. The molecule has 0 atom stereocenters. The SMILES string of the molecule is CC.CC.CC.CC.CC.CC.Cc1ccc2c(c1)C1(c3cc(C)ccc3C2)c2ccccc2-c2ccccc21.Cc1ccc2c(c1)Cc1cc(C)ccc1C21c2ccccc2-c2ccccc21.Cc1cccc2c1Cc1c(C)cccc1C21c2ccccc2-c2ccccc21. The zero-order valence-corrected chi connectivity index (χ0v) is 60.9. The van der Waals surface area contributed by atoms with E-state index in [2.05, 4.69) is 296 Å². The van der Waals surface area contributed by atoms with Crippen molar-refractivity contribution in [1.29, 1.82) is 0 Å². The first-order chi connectivity index (χ1) is 47.1. The van der Waals surface area contributed by atoms with E-state index in [1.54, 1.807) is 0 Å². The van der Waals surface area contributed by atoms with E-state index in [1.807, 2.05) is 83.1 Å². The molecule has 0 heteroatoms. The Hall–Kier alpha value is -9.36. The minimum absolute atomic E-state index is 0.211. The van der Waals surface area contributed by atoms with Gasteiger partial charge < -0.3 is 0 Å². The first kappa shape index (κ1) is 69.5. The highest BCUT2D eigenvalue weighted by atomic mass is 14.5. The summed E-state index contributed by atoms with van der Waals surface area (Å²) in [5, 5.41) is 0. The van der Waals surface area contributed by atoms with Gasteiger partial charge in [-0.2, -0.15) is 0 Å². The van der Waals surface area contributed by atoms with Crippen molar-refractivity contribution in [2.75, 3.05) is 0 Å². The molecule has 0 aromatic heterocycles. The molecule has 0 bridgehead atoms. The van der Waals surface area contributed by atoms with Crippen molar-refractivity contribution >= 4 is 0 Å². The highest BCUT2D eigenvalue weighted by Gasteiger charge is 2.53. The summed E-state index contributed by atoms with van der Waals surface area (Å²) in [5.74, 6) is 0. The second-order valence-corrected chi connectivity index (χ2v) is 24.9. The topological polar surface area (TPSA) is 0 Å². The van der Waals surface area contributed by atoms with Gasteiger partial charge in [-0.25, -0.2) is 0 Å². The number of fused-ring (bicyclic) bond motifs is 27. The summed E-state index contributed by atoms with van der Waals surface area (Å²) in [4.78, 5) is 0. The first-order valence-corrected chi connectivity index (χ1v) is 36.3. The van der Waals surface area contributed by atoms with E-state index < -0.39 is 0 Å². The lowest BCUT2D eigenvalue weighted by molar-refractivity contribution is 0.716. The Bertz CT molecular complexity index is 4330. The van der Waals surface area contributed by atoms with Crippen LogP contribution in [0.4, 0.5) is 0 Å². The third kappa shape index (κ3) is 10.9. The van der Waals surface area contributed by atoms with E-state index in [4.69, 9.17) is 0 Å². The molecule has 96 heavy (non-hydrogen) atoms. The lowest BCUT2D eigenvalue weighted by atomic mass is 9.60. The largest absolute Gasteiger partial charge is 0.0719 e. The number of aryl methyl sites for hydroxylation is 6. The smallest absolute Gasteiger partial charge is 0.0683 e. The summed E-state index contributed by atoms with van der Waals surface area (Å²) in [7, 11) is 0. The van der Waals surface area contributed by atoms with Gasteiger partial charge in [-0.15, -0.1) is 0 Å². The quantitative estimate of drug-likeness (QED) is 0.142. The Morgan fingerprint density at radius 2 is 0.427 bits per heavy atom. The summed E-state index contributed by atoms with van der Waals surface area (Å²) < 4.78 is 0. The Morgan fingerprint density at radius 3 is 0.740 bits per heavy atom. The van der Waals surface area contributed by atoms with Crippen LogP contribution in [0, 0.1) is 41.5 Å². The van der Waals surface area contributed by atoms with E-state index in [-0.39, 0.29) is 16.2 Å². The summed E-state index contributed by atoms with van der Waals surface area (Å²) in [6.45, 7) is 37.4. The van der Waals surface area contributed by atoms with Gasteiger partial charge in [0.1, 0.15) is 0 Å². The number of hydrogen-bond acceptors (Lipinski definition) is 0. The molecule has 486 valence electrons. The molecule has 0 N–H and O–H groups in total. The van der Waals surface area contributed by atoms with Crippen LogP contribution < -0.4 is 0 Å². The van der Waals surface area contributed by atoms with Crippen molar-refractivity contribution in [3.8, 4) is 33.4 Å². The van der Waals surface area contributed by atoms with Crippen molar-refractivity contribution in [2.45, 2.75) is 160 Å². The van der Waals surface area contributed by atoms with Gasteiger partial charge in [0.25, 0.3) is 0 Å². The van der Waals surface area contributed by atoms with Gasteiger partial charge in [0.05, 0.1) is 16.2 Å². The molecular weight excluding hydrogens is 1150 g/mol. The summed E-state index contributed by atoms with van der Waals surface area (Å²) in [5.41, 5.74) is 41.8. The molecule has 0 radical (unpaired) electrons. The summed E-state index contributed by atoms with van der Waals surface area (Å²) in [6, 6.07) is 96.0. The summed E-state index contributed by atoms with van der Waals surface area (Å²) >= 11 is 0. The first-order valence-electron chi connectivity index (χ1n) is 36.3. The van der Waals surface area contributed by atoms with Crippen molar-refractivity contribution in [2.24, 2.45) is 0 Å². The molecule has 6 aliphatic carbocycles. The molecule has 0 nitrogen and oxygen atoms in total. The average Bonchev–Trinajstić information content (AvgIpc) is 1.50. The molecule has 12 aromatic carbocycles. The van der Waals surface area contributed by atoms with Crippen LogP contribution in [0.15, 0.2) is 255 Å². The molecule has 0 saturated heterocycles.